The van der Waals surface area contributed by atoms with Crippen molar-refractivity contribution in [2.75, 3.05) is 17.7 Å². The van der Waals surface area contributed by atoms with Gasteiger partial charge in [-0.2, -0.15) is 0 Å². The Morgan fingerprint density at radius 2 is 2.20 bits per heavy atom. The molecule has 0 amide bonds. The molecule has 1 aromatic carbocycles. The van der Waals surface area contributed by atoms with Crippen molar-refractivity contribution in [1.29, 1.82) is 0 Å². The van der Waals surface area contributed by atoms with Crippen molar-refractivity contribution < 1.29 is 5.11 Å². The quantitative estimate of drug-likeness (QED) is 0.662. The second kappa shape index (κ2) is 3.74. The fraction of sp³-hybridized carbons (Fsp3) is 0.500. The van der Waals surface area contributed by atoms with Gasteiger partial charge in [-0.15, -0.1) is 0 Å². The van der Waals surface area contributed by atoms with Gasteiger partial charge < -0.3 is 16.2 Å². The third kappa shape index (κ3) is 1.92. The predicted octanol–water partition coefficient (Wildman–Crippen LogP) is 1.90. The summed E-state index contributed by atoms with van der Waals surface area (Å²) in [6.45, 7) is 2.22. The zero-order valence-corrected chi connectivity index (χ0v) is 9.09. The molecule has 0 heterocycles. The van der Waals surface area contributed by atoms with Crippen LogP contribution in [0.1, 0.15) is 24.8 Å². The number of nitrogens with two attached hydrogens (primary N) is 1. The van der Waals surface area contributed by atoms with Crippen molar-refractivity contribution >= 4 is 11.4 Å². The minimum atomic E-state index is -0.123. The van der Waals surface area contributed by atoms with Gasteiger partial charge in [-0.05, 0) is 43.9 Å². The highest BCUT2D eigenvalue weighted by atomic mass is 16.3. The molecule has 1 aliphatic rings. The van der Waals surface area contributed by atoms with E-state index in [1.54, 1.807) is 0 Å². The third-order valence-corrected chi connectivity index (χ3v) is 3.22. The van der Waals surface area contributed by atoms with Crippen LogP contribution in [0.5, 0.6) is 0 Å². The van der Waals surface area contributed by atoms with Gasteiger partial charge in [-0.25, -0.2) is 0 Å². The third-order valence-electron chi connectivity index (χ3n) is 3.22. The molecule has 1 saturated carbocycles. The van der Waals surface area contributed by atoms with E-state index in [0.29, 0.717) is 0 Å². The van der Waals surface area contributed by atoms with Crippen LogP contribution >= 0.6 is 0 Å². The van der Waals surface area contributed by atoms with E-state index in [1.807, 2.05) is 25.1 Å². The molecule has 82 valence electrons. The summed E-state index contributed by atoms with van der Waals surface area (Å²) in [6, 6.07) is 5.93. The lowest BCUT2D eigenvalue weighted by Crippen LogP contribution is -2.48. The molecule has 0 bridgehead atoms. The topological polar surface area (TPSA) is 58.3 Å². The van der Waals surface area contributed by atoms with Crippen molar-refractivity contribution in [2.45, 2.75) is 31.7 Å². The molecule has 0 radical (unpaired) electrons. The number of hydrogen-bond acceptors (Lipinski definition) is 3. The number of benzene rings is 1. The minimum absolute atomic E-state index is 0.123. The first-order valence-corrected chi connectivity index (χ1v) is 5.40. The number of anilines is 2. The molecular weight excluding hydrogens is 188 g/mol. The molecule has 3 nitrogen and oxygen atoms in total. The lowest BCUT2D eigenvalue weighted by molar-refractivity contribution is 0.144. The van der Waals surface area contributed by atoms with Gasteiger partial charge in [0.1, 0.15) is 0 Å². The highest BCUT2D eigenvalue weighted by molar-refractivity contribution is 5.68. The SMILES string of the molecule is Cc1ccc(N)c(NC2(CO)CCC2)c1. The van der Waals surface area contributed by atoms with Gasteiger partial charge >= 0.3 is 0 Å². The molecule has 1 fully saturated rings. The average molecular weight is 206 g/mol. The highest BCUT2D eigenvalue weighted by Crippen LogP contribution is 2.36. The zero-order valence-electron chi connectivity index (χ0n) is 9.09. The molecule has 0 aliphatic heterocycles. The largest absolute Gasteiger partial charge is 0.397 e. The monoisotopic (exact) mass is 206 g/mol. The Balaban J connectivity index is 2.19. The van der Waals surface area contributed by atoms with E-state index >= 15 is 0 Å². The summed E-state index contributed by atoms with van der Waals surface area (Å²) in [5.41, 5.74) is 8.64. The molecule has 1 aromatic rings. The Morgan fingerprint density at radius 1 is 1.47 bits per heavy atom. The van der Waals surface area contributed by atoms with E-state index in [0.717, 1.165) is 24.2 Å². The van der Waals surface area contributed by atoms with E-state index in [4.69, 9.17) is 5.73 Å². The Bertz CT molecular complexity index is 353. The van der Waals surface area contributed by atoms with Crippen LogP contribution in [0.15, 0.2) is 18.2 Å². The second-order valence-electron chi connectivity index (χ2n) is 4.51. The van der Waals surface area contributed by atoms with E-state index < -0.39 is 0 Å². The zero-order chi connectivity index (χ0) is 10.9. The van der Waals surface area contributed by atoms with Crippen LogP contribution in [-0.2, 0) is 0 Å². The van der Waals surface area contributed by atoms with Crippen LogP contribution in [0, 0.1) is 6.92 Å². The van der Waals surface area contributed by atoms with E-state index in [2.05, 4.69) is 5.32 Å². The Kier molecular flexibility index (Phi) is 2.57. The van der Waals surface area contributed by atoms with Gasteiger partial charge in [-0.1, -0.05) is 6.07 Å². The van der Waals surface area contributed by atoms with Crippen LogP contribution in [0.25, 0.3) is 0 Å². The lowest BCUT2D eigenvalue weighted by atomic mass is 9.77. The van der Waals surface area contributed by atoms with Crippen molar-refractivity contribution in [3.8, 4) is 0 Å². The molecule has 15 heavy (non-hydrogen) atoms. The van der Waals surface area contributed by atoms with Crippen molar-refractivity contribution in [3.05, 3.63) is 23.8 Å². The first-order valence-electron chi connectivity index (χ1n) is 5.40. The molecule has 0 saturated heterocycles. The molecule has 2 rings (SSSR count). The van der Waals surface area contributed by atoms with E-state index in [-0.39, 0.29) is 12.1 Å². The number of aryl methyl sites for hydroxylation is 1. The molecule has 3 heteroatoms. The fourth-order valence-electron chi connectivity index (χ4n) is 1.99. The second-order valence-corrected chi connectivity index (χ2v) is 4.51. The van der Waals surface area contributed by atoms with Crippen molar-refractivity contribution in [3.63, 3.8) is 0 Å². The smallest absolute Gasteiger partial charge is 0.0661 e. The maximum absolute atomic E-state index is 9.35. The maximum Gasteiger partial charge on any atom is 0.0661 e. The van der Waals surface area contributed by atoms with Crippen molar-refractivity contribution in [1.82, 2.24) is 0 Å². The summed E-state index contributed by atoms with van der Waals surface area (Å²) in [5.74, 6) is 0. The Labute approximate surface area is 90.3 Å². The predicted molar refractivity (Wildman–Crippen MR) is 62.9 cm³/mol. The first kappa shape index (κ1) is 10.3. The van der Waals surface area contributed by atoms with Crippen LogP contribution < -0.4 is 11.1 Å². The lowest BCUT2D eigenvalue weighted by Gasteiger charge is -2.42. The summed E-state index contributed by atoms with van der Waals surface area (Å²) in [4.78, 5) is 0. The maximum atomic E-state index is 9.35. The van der Waals surface area contributed by atoms with E-state index in [1.165, 1.54) is 12.0 Å². The Morgan fingerprint density at radius 3 is 2.73 bits per heavy atom. The van der Waals surface area contributed by atoms with Gasteiger partial charge in [0.2, 0.25) is 0 Å². The number of hydrogen-bond donors (Lipinski definition) is 3. The van der Waals surface area contributed by atoms with E-state index in [9.17, 15) is 5.11 Å². The number of nitrogen functional groups attached to an aromatic ring is 1. The highest BCUT2D eigenvalue weighted by Gasteiger charge is 2.36. The summed E-state index contributed by atoms with van der Waals surface area (Å²) in [5, 5.41) is 12.7. The molecule has 4 N–H and O–H groups in total. The van der Waals surface area contributed by atoms with Crippen LogP contribution in [0.3, 0.4) is 0 Å². The summed E-state index contributed by atoms with van der Waals surface area (Å²) in [7, 11) is 0. The van der Waals surface area contributed by atoms with Crippen LogP contribution in [0.4, 0.5) is 11.4 Å². The minimum Gasteiger partial charge on any atom is -0.397 e. The molecule has 0 aromatic heterocycles. The van der Waals surface area contributed by atoms with Gasteiger partial charge in [0, 0.05) is 0 Å². The van der Waals surface area contributed by atoms with Crippen LogP contribution in [0.2, 0.25) is 0 Å². The molecule has 0 spiro atoms. The molecule has 0 unspecified atom stereocenters. The fourth-order valence-corrected chi connectivity index (χ4v) is 1.99. The number of aliphatic hydroxyl groups is 1. The summed E-state index contributed by atoms with van der Waals surface area (Å²) >= 11 is 0. The summed E-state index contributed by atoms with van der Waals surface area (Å²) in [6.07, 6.45) is 3.23. The number of rotatable bonds is 3. The number of aliphatic hydroxyl groups excluding tert-OH is 1. The van der Waals surface area contributed by atoms with Crippen LogP contribution in [-0.4, -0.2) is 17.3 Å². The Hall–Kier alpha value is -1.22. The standard InChI is InChI=1S/C12H18N2O/c1-9-3-4-10(13)11(7-9)14-12(8-15)5-2-6-12/h3-4,7,14-15H,2,5-6,8,13H2,1H3. The normalized spacial score (nSPS) is 18.3. The van der Waals surface area contributed by atoms with Gasteiger partial charge in [-0.3, -0.25) is 0 Å². The number of nitrogens with one attached hydrogen (secondary N) is 1. The molecule has 0 atom stereocenters. The summed E-state index contributed by atoms with van der Waals surface area (Å²) < 4.78 is 0. The first-order chi connectivity index (χ1) is 7.15. The van der Waals surface area contributed by atoms with Gasteiger partial charge in [0.15, 0.2) is 0 Å². The molecular formula is C12H18N2O. The van der Waals surface area contributed by atoms with Gasteiger partial charge in [0.25, 0.3) is 0 Å². The molecule has 1 aliphatic carbocycles. The average Bonchev–Trinajstić information content (AvgIpc) is 2.17. The van der Waals surface area contributed by atoms with Gasteiger partial charge in [0.05, 0.1) is 23.5 Å². The van der Waals surface area contributed by atoms with Crippen molar-refractivity contribution in [2.24, 2.45) is 0 Å².